The van der Waals surface area contributed by atoms with Crippen molar-refractivity contribution in [2.45, 2.75) is 38.6 Å². The van der Waals surface area contributed by atoms with E-state index in [1.165, 1.54) is 6.08 Å². The molecule has 1 rings (SSSR count). The third kappa shape index (κ3) is 4.15. The van der Waals surface area contributed by atoms with Crippen molar-refractivity contribution in [3.05, 3.63) is 12.7 Å². The highest BCUT2D eigenvalue weighted by atomic mass is 32.2. The molecule has 4 nitrogen and oxygen atoms in total. The van der Waals surface area contributed by atoms with Crippen molar-refractivity contribution in [3.63, 3.8) is 0 Å². The summed E-state index contributed by atoms with van der Waals surface area (Å²) in [6, 6.07) is 0.218. The number of likely N-dealkylation sites (tertiary alicyclic amines) is 1. The summed E-state index contributed by atoms with van der Waals surface area (Å²) in [7, 11) is -3.32. The average Bonchev–Trinajstić information content (AvgIpc) is 2.28. The first-order valence-electron chi connectivity index (χ1n) is 6.11. The van der Waals surface area contributed by atoms with Crippen LogP contribution >= 0.6 is 0 Å². The molecule has 1 amide bonds. The number of carbonyl (C=O) groups excluding carboxylic acids is 1. The van der Waals surface area contributed by atoms with E-state index in [-0.39, 0.29) is 23.5 Å². The first kappa shape index (κ1) is 14.2. The molecule has 1 aliphatic heterocycles. The third-order valence-electron chi connectivity index (χ3n) is 3.13. The molecule has 0 N–H and O–H groups in total. The lowest BCUT2D eigenvalue weighted by atomic mass is 10.0. The Bertz CT molecular complexity index is 375. The fourth-order valence-corrected chi connectivity index (χ4v) is 3.28. The Kier molecular flexibility index (Phi) is 5.18. The topological polar surface area (TPSA) is 54.5 Å². The summed E-state index contributed by atoms with van der Waals surface area (Å²) >= 11 is 0. The lowest BCUT2D eigenvalue weighted by Crippen LogP contribution is -2.46. The van der Waals surface area contributed by atoms with Gasteiger partial charge >= 0.3 is 0 Å². The van der Waals surface area contributed by atoms with Gasteiger partial charge in [0.05, 0.1) is 5.75 Å². The van der Waals surface area contributed by atoms with Crippen molar-refractivity contribution >= 4 is 15.7 Å². The monoisotopic (exact) mass is 259 g/mol. The first-order valence-corrected chi connectivity index (χ1v) is 7.93. The summed E-state index contributed by atoms with van der Waals surface area (Å²) in [5.41, 5.74) is 0. The molecule has 5 heteroatoms. The normalized spacial score (nSPS) is 21.2. The molecule has 1 fully saturated rings. The van der Waals surface area contributed by atoms with Crippen LogP contribution in [0.15, 0.2) is 12.7 Å². The molecule has 98 valence electrons. The number of hydrogen-bond donors (Lipinski definition) is 0. The summed E-state index contributed by atoms with van der Waals surface area (Å²) in [5.74, 6) is -0.753. The van der Waals surface area contributed by atoms with E-state index in [2.05, 4.69) is 6.58 Å². The molecule has 0 aromatic heterocycles. The molecular weight excluding hydrogens is 238 g/mol. The number of amides is 1. The Morgan fingerprint density at radius 1 is 1.47 bits per heavy atom. The van der Waals surface area contributed by atoms with Crippen molar-refractivity contribution in [1.82, 2.24) is 4.90 Å². The maximum absolute atomic E-state index is 12.0. The van der Waals surface area contributed by atoms with Gasteiger partial charge in [0.15, 0.2) is 9.84 Å². The molecule has 0 bridgehead atoms. The third-order valence-corrected chi connectivity index (χ3v) is 4.56. The Labute approximate surface area is 104 Å². The van der Waals surface area contributed by atoms with Crippen LogP contribution in [-0.4, -0.2) is 43.3 Å². The molecule has 1 atom stereocenters. The van der Waals surface area contributed by atoms with Gasteiger partial charge < -0.3 is 4.90 Å². The van der Waals surface area contributed by atoms with Crippen LogP contribution < -0.4 is 0 Å². The Morgan fingerprint density at radius 2 is 2.18 bits per heavy atom. The second kappa shape index (κ2) is 6.19. The molecule has 1 saturated heterocycles. The van der Waals surface area contributed by atoms with E-state index in [0.29, 0.717) is 6.54 Å². The predicted molar refractivity (Wildman–Crippen MR) is 68.5 cm³/mol. The van der Waals surface area contributed by atoms with Crippen molar-refractivity contribution in [2.24, 2.45) is 0 Å². The zero-order valence-electron chi connectivity index (χ0n) is 10.4. The highest BCUT2D eigenvalue weighted by Gasteiger charge is 2.27. The van der Waals surface area contributed by atoms with E-state index in [1.54, 1.807) is 4.90 Å². The molecule has 1 heterocycles. The molecule has 0 aromatic carbocycles. The van der Waals surface area contributed by atoms with E-state index in [4.69, 9.17) is 0 Å². The van der Waals surface area contributed by atoms with Gasteiger partial charge in [0, 0.05) is 12.6 Å². The van der Waals surface area contributed by atoms with E-state index in [0.717, 1.165) is 25.7 Å². The van der Waals surface area contributed by atoms with Gasteiger partial charge in [-0.25, -0.2) is 8.42 Å². The van der Waals surface area contributed by atoms with E-state index < -0.39 is 9.84 Å². The lowest BCUT2D eigenvalue weighted by Gasteiger charge is -2.35. The number of nitrogens with zero attached hydrogens (tertiary/aromatic N) is 1. The number of carbonyl (C=O) groups is 1. The van der Waals surface area contributed by atoms with Crippen LogP contribution in [0.5, 0.6) is 0 Å². The van der Waals surface area contributed by atoms with Crippen molar-refractivity contribution < 1.29 is 13.2 Å². The molecule has 1 aliphatic rings. The maximum Gasteiger partial charge on any atom is 0.238 e. The Hall–Kier alpha value is -0.840. The van der Waals surface area contributed by atoms with Crippen LogP contribution in [0.1, 0.15) is 32.6 Å². The highest BCUT2D eigenvalue weighted by molar-refractivity contribution is 7.92. The SMILES string of the molecule is C=CCS(=O)(=O)CC(=O)N1CCCCC1CC. The summed E-state index contributed by atoms with van der Waals surface area (Å²) in [5, 5.41) is 0. The number of hydrogen-bond acceptors (Lipinski definition) is 3. The molecule has 17 heavy (non-hydrogen) atoms. The van der Waals surface area contributed by atoms with E-state index in [1.807, 2.05) is 6.92 Å². The Balaban J connectivity index is 2.65. The van der Waals surface area contributed by atoms with Gasteiger partial charge in [-0.3, -0.25) is 4.79 Å². The minimum absolute atomic E-state index is 0.122. The molecule has 0 aromatic rings. The minimum atomic E-state index is -3.32. The minimum Gasteiger partial charge on any atom is -0.339 e. The maximum atomic E-state index is 12.0. The predicted octanol–water partition coefficient (Wildman–Crippen LogP) is 1.38. The fourth-order valence-electron chi connectivity index (χ4n) is 2.26. The van der Waals surface area contributed by atoms with Gasteiger partial charge in [-0.2, -0.15) is 0 Å². The fraction of sp³-hybridized carbons (Fsp3) is 0.750. The molecule has 0 spiro atoms. The van der Waals surface area contributed by atoms with Crippen LogP contribution in [0.3, 0.4) is 0 Å². The molecular formula is C12H21NO3S. The highest BCUT2D eigenvalue weighted by Crippen LogP contribution is 2.19. The van der Waals surface area contributed by atoms with Crippen molar-refractivity contribution in [1.29, 1.82) is 0 Å². The summed E-state index contributed by atoms with van der Waals surface area (Å²) in [4.78, 5) is 13.7. The van der Waals surface area contributed by atoms with Crippen LogP contribution in [0, 0.1) is 0 Å². The second-order valence-corrected chi connectivity index (χ2v) is 6.60. The zero-order chi connectivity index (χ0) is 12.9. The average molecular weight is 259 g/mol. The molecule has 1 unspecified atom stereocenters. The van der Waals surface area contributed by atoms with Crippen LogP contribution in [0.25, 0.3) is 0 Å². The molecule has 0 saturated carbocycles. The molecule has 0 radical (unpaired) electrons. The van der Waals surface area contributed by atoms with Crippen molar-refractivity contribution in [3.8, 4) is 0 Å². The Morgan fingerprint density at radius 3 is 2.76 bits per heavy atom. The number of piperidine rings is 1. The second-order valence-electron chi connectivity index (χ2n) is 4.49. The van der Waals surface area contributed by atoms with Gasteiger partial charge in [-0.15, -0.1) is 6.58 Å². The number of rotatable bonds is 5. The van der Waals surface area contributed by atoms with E-state index >= 15 is 0 Å². The van der Waals surface area contributed by atoms with Gasteiger partial charge in [0.25, 0.3) is 0 Å². The van der Waals surface area contributed by atoms with Crippen LogP contribution in [0.2, 0.25) is 0 Å². The smallest absolute Gasteiger partial charge is 0.238 e. The van der Waals surface area contributed by atoms with Gasteiger partial charge in [-0.1, -0.05) is 13.0 Å². The van der Waals surface area contributed by atoms with Gasteiger partial charge in [0.1, 0.15) is 5.75 Å². The van der Waals surface area contributed by atoms with Crippen LogP contribution in [-0.2, 0) is 14.6 Å². The lowest BCUT2D eigenvalue weighted by molar-refractivity contribution is -0.132. The van der Waals surface area contributed by atoms with Gasteiger partial charge in [-0.05, 0) is 25.7 Å². The van der Waals surface area contributed by atoms with Crippen LogP contribution in [0.4, 0.5) is 0 Å². The van der Waals surface area contributed by atoms with E-state index in [9.17, 15) is 13.2 Å². The molecule has 0 aliphatic carbocycles. The quantitative estimate of drug-likeness (QED) is 0.701. The summed E-state index contributed by atoms with van der Waals surface area (Å²) in [6.45, 7) is 6.12. The summed E-state index contributed by atoms with van der Waals surface area (Å²) < 4.78 is 23.1. The first-order chi connectivity index (χ1) is 8.00. The largest absolute Gasteiger partial charge is 0.339 e. The zero-order valence-corrected chi connectivity index (χ0v) is 11.2. The van der Waals surface area contributed by atoms with Crippen molar-refractivity contribution in [2.75, 3.05) is 18.1 Å². The number of sulfone groups is 1. The standard InChI is InChI=1S/C12H21NO3S/c1-3-9-17(15,16)10-12(14)13-8-6-5-7-11(13)4-2/h3,11H,1,4-10H2,2H3. The van der Waals surface area contributed by atoms with Gasteiger partial charge in [0.2, 0.25) is 5.91 Å². The summed E-state index contributed by atoms with van der Waals surface area (Å²) in [6.07, 6.45) is 5.32.